The second kappa shape index (κ2) is 3.94. The third-order valence-electron chi connectivity index (χ3n) is 5.22. The van der Waals surface area contributed by atoms with Crippen LogP contribution in [0.2, 0.25) is 0 Å². The Hall–Kier alpha value is -0.720. The smallest absolute Gasteiger partial charge is 0.111 e. The molecule has 0 spiro atoms. The van der Waals surface area contributed by atoms with Crippen molar-refractivity contribution in [2.24, 2.45) is 29.6 Å². The summed E-state index contributed by atoms with van der Waals surface area (Å²) in [5.41, 5.74) is 0. The first-order chi connectivity index (χ1) is 7.78. The molecule has 0 aliphatic heterocycles. The Balaban J connectivity index is 1.54. The SMILES string of the molecule is C=CC(=C)OCC1CC2C3CCC(C3)C2C1. The Morgan fingerprint density at radius 1 is 1.12 bits per heavy atom. The Kier molecular flexibility index (Phi) is 2.57. The van der Waals surface area contributed by atoms with Crippen LogP contribution in [0.4, 0.5) is 0 Å². The van der Waals surface area contributed by atoms with Gasteiger partial charge < -0.3 is 4.74 Å². The Morgan fingerprint density at radius 3 is 2.31 bits per heavy atom. The van der Waals surface area contributed by atoms with Gasteiger partial charge in [-0.25, -0.2) is 0 Å². The minimum Gasteiger partial charge on any atom is -0.494 e. The average Bonchev–Trinajstić information content (AvgIpc) is 2.96. The summed E-state index contributed by atoms with van der Waals surface area (Å²) in [5.74, 6) is 5.76. The summed E-state index contributed by atoms with van der Waals surface area (Å²) >= 11 is 0. The third kappa shape index (κ3) is 1.61. The quantitative estimate of drug-likeness (QED) is 0.515. The molecule has 2 bridgehead atoms. The number of allylic oxidation sites excluding steroid dienone is 1. The zero-order valence-electron chi connectivity index (χ0n) is 10.0. The van der Waals surface area contributed by atoms with Gasteiger partial charge >= 0.3 is 0 Å². The molecule has 3 aliphatic rings. The van der Waals surface area contributed by atoms with Crippen molar-refractivity contribution in [1.29, 1.82) is 0 Å². The highest BCUT2D eigenvalue weighted by atomic mass is 16.5. The van der Waals surface area contributed by atoms with Gasteiger partial charge in [0, 0.05) is 0 Å². The fourth-order valence-corrected chi connectivity index (χ4v) is 4.55. The van der Waals surface area contributed by atoms with Crippen LogP contribution in [0.15, 0.2) is 25.0 Å². The first-order valence-corrected chi connectivity index (χ1v) is 6.72. The van der Waals surface area contributed by atoms with Crippen molar-refractivity contribution in [2.75, 3.05) is 6.61 Å². The van der Waals surface area contributed by atoms with Crippen LogP contribution in [0.25, 0.3) is 0 Å². The highest BCUT2D eigenvalue weighted by molar-refractivity contribution is 5.04. The Morgan fingerprint density at radius 2 is 1.75 bits per heavy atom. The summed E-state index contributed by atoms with van der Waals surface area (Å²) in [6.45, 7) is 8.35. The molecule has 16 heavy (non-hydrogen) atoms. The summed E-state index contributed by atoms with van der Waals surface area (Å²) in [6, 6.07) is 0. The molecular weight excluding hydrogens is 196 g/mol. The van der Waals surface area contributed by atoms with Crippen LogP contribution in [0.1, 0.15) is 32.1 Å². The van der Waals surface area contributed by atoms with Crippen LogP contribution in [-0.2, 0) is 4.74 Å². The molecule has 0 aromatic rings. The molecular formula is C15H22O. The van der Waals surface area contributed by atoms with Crippen molar-refractivity contribution in [2.45, 2.75) is 32.1 Å². The zero-order valence-corrected chi connectivity index (χ0v) is 10.0. The lowest BCUT2D eigenvalue weighted by Gasteiger charge is -2.23. The normalized spacial score (nSPS) is 44.4. The van der Waals surface area contributed by atoms with Crippen molar-refractivity contribution >= 4 is 0 Å². The fourth-order valence-electron chi connectivity index (χ4n) is 4.55. The van der Waals surface area contributed by atoms with Crippen LogP contribution in [0.5, 0.6) is 0 Å². The highest BCUT2D eigenvalue weighted by Gasteiger charge is 2.51. The summed E-state index contributed by atoms with van der Waals surface area (Å²) < 4.78 is 5.62. The van der Waals surface area contributed by atoms with E-state index in [0.717, 1.165) is 42.0 Å². The van der Waals surface area contributed by atoms with E-state index in [1.807, 2.05) is 0 Å². The molecule has 1 nitrogen and oxygen atoms in total. The lowest BCUT2D eigenvalue weighted by molar-refractivity contribution is 0.171. The number of hydrogen-bond acceptors (Lipinski definition) is 1. The van der Waals surface area contributed by atoms with Crippen LogP contribution >= 0.6 is 0 Å². The molecule has 0 N–H and O–H groups in total. The second-order valence-corrected chi connectivity index (χ2v) is 5.98. The average molecular weight is 218 g/mol. The molecule has 88 valence electrons. The lowest BCUT2D eigenvalue weighted by atomic mass is 9.82. The molecule has 0 aromatic carbocycles. The summed E-state index contributed by atoms with van der Waals surface area (Å²) in [4.78, 5) is 0. The van der Waals surface area contributed by atoms with Gasteiger partial charge in [0.25, 0.3) is 0 Å². The molecule has 3 fully saturated rings. The lowest BCUT2D eigenvalue weighted by Crippen LogP contribution is -2.15. The standard InChI is InChI=1S/C15H22O/c1-3-10(2)16-9-11-6-14-12-4-5-13(8-12)15(14)7-11/h3,11-15H,1-2,4-9H2. The van der Waals surface area contributed by atoms with Gasteiger partial charge in [0.05, 0.1) is 6.61 Å². The topological polar surface area (TPSA) is 9.23 Å². The highest BCUT2D eigenvalue weighted by Crippen LogP contribution is 2.60. The largest absolute Gasteiger partial charge is 0.494 e. The Bertz CT molecular complexity index is 289. The molecule has 3 aliphatic carbocycles. The predicted octanol–water partition coefficient (Wildman–Crippen LogP) is 3.78. The summed E-state index contributed by atoms with van der Waals surface area (Å²) in [5, 5.41) is 0. The van der Waals surface area contributed by atoms with Crippen molar-refractivity contribution in [3.05, 3.63) is 25.0 Å². The third-order valence-corrected chi connectivity index (χ3v) is 5.22. The first-order valence-electron chi connectivity index (χ1n) is 6.72. The van der Waals surface area contributed by atoms with E-state index in [1.54, 1.807) is 12.5 Å². The second-order valence-electron chi connectivity index (χ2n) is 5.98. The van der Waals surface area contributed by atoms with Crippen LogP contribution < -0.4 is 0 Å². The van der Waals surface area contributed by atoms with Crippen molar-refractivity contribution in [1.82, 2.24) is 0 Å². The molecule has 0 amide bonds. The fraction of sp³-hybridized carbons (Fsp3) is 0.733. The van der Waals surface area contributed by atoms with Gasteiger partial charge in [-0.2, -0.15) is 0 Å². The predicted molar refractivity (Wildman–Crippen MR) is 65.8 cm³/mol. The molecule has 3 saturated carbocycles. The van der Waals surface area contributed by atoms with E-state index in [1.165, 1.54) is 25.7 Å². The maximum absolute atomic E-state index is 5.62. The number of ether oxygens (including phenoxy) is 1. The monoisotopic (exact) mass is 218 g/mol. The number of rotatable bonds is 4. The van der Waals surface area contributed by atoms with Crippen molar-refractivity contribution in [3.8, 4) is 0 Å². The molecule has 3 rings (SSSR count). The van der Waals surface area contributed by atoms with Gasteiger partial charge in [-0.3, -0.25) is 0 Å². The van der Waals surface area contributed by atoms with E-state index in [4.69, 9.17) is 4.74 Å². The Labute approximate surface area is 98.6 Å². The van der Waals surface area contributed by atoms with Gasteiger partial charge in [-0.05, 0) is 67.8 Å². The summed E-state index contributed by atoms with van der Waals surface area (Å²) in [7, 11) is 0. The zero-order chi connectivity index (χ0) is 11.1. The maximum Gasteiger partial charge on any atom is 0.111 e. The van der Waals surface area contributed by atoms with Gasteiger partial charge in [-0.15, -0.1) is 0 Å². The maximum atomic E-state index is 5.62. The molecule has 4 unspecified atom stereocenters. The van der Waals surface area contributed by atoms with Gasteiger partial charge in [-0.1, -0.05) is 13.2 Å². The van der Waals surface area contributed by atoms with Crippen LogP contribution in [0, 0.1) is 29.6 Å². The van der Waals surface area contributed by atoms with E-state index in [-0.39, 0.29) is 0 Å². The van der Waals surface area contributed by atoms with Gasteiger partial charge in [0.1, 0.15) is 5.76 Å². The molecule has 1 heteroatoms. The van der Waals surface area contributed by atoms with Crippen LogP contribution in [-0.4, -0.2) is 6.61 Å². The van der Waals surface area contributed by atoms with E-state index in [0.29, 0.717) is 0 Å². The number of hydrogen-bond donors (Lipinski definition) is 0. The molecule has 4 atom stereocenters. The summed E-state index contributed by atoms with van der Waals surface area (Å²) in [6.07, 6.45) is 9.10. The van der Waals surface area contributed by atoms with E-state index in [9.17, 15) is 0 Å². The first kappa shape index (κ1) is 10.4. The van der Waals surface area contributed by atoms with E-state index in [2.05, 4.69) is 13.2 Å². The minimum absolute atomic E-state index is 0.736. The van der Waals surface area contributed by atoms with E-state index < -0.39 is 0 Å². The molecule has 0 aromatic heterocycles. The minimum atomic E-state index is 0.736. The molecule has 0 saturated heterocycles. The van der Waals surface area contributed by atoms with Crippen molar-refractivity contribution < 1.29 is 4.74 Å². The van der Waals surface area contributed by atoms with Crippen LogP contribution in [0.3, 0.4) is 0 Å². The molecule has 0 radical (unpaired) electrons. The number of fused-ring (bicyclic) bond motifs is 5. The molecule has 0 heterocycles. The van der Waals surface area contributed by atoms with E-state index >= 15 is 0 Å². The van der Waals surface area contributed by atoms with Crippen molar-refractivity contribution in [3.63, 3.8) is 0 Å². The van der Waals surface area contributed by atoms with Gasteiger partial charge in [0.15, 0.2) is 0 Å². The van der Waals surface area contributed by atoms with Gasteiger partial charge in [0.2, 0.25) is 0 Å².